The van der Waals surface area contributed by atoms with Gasteiger partial charge in [0.05, 0.1) is 6.20 Å². The summed E-state index contributed by atoms with van der Waals surface area (Å²) < 4.78 is 23.4. The first-order chi connectivity index (χ1) is 14.5. The highest BCUT2D eigenvalue weighted by Crippen LogP contribution is 2.33. The molecule has 0 aliphatic rings. The molecule has 0 bridgehead atoms. The van der Waals surface area contributed by atoms with E-state index < -0.39 is 17.5 Å². The van der Waals surface area contributed by atoms with Gasteiger partial charge in [0.1, 0.15) is 22.6 Å². The third kappa shape index (κ3) is 4.94. The van der Waals surface area contributed by atoms with E-state index in [1.807, 2.05) is 0 Å². The monoisotopic (exact) mass is 442 g/mol. The van der Waals surface area contributed by atoms with Crippen LogP contribution in [0.4, 0.5) is 9.18 Å². The average molecular weight is 443 g/mol. The Hall–Kier alpha value is -3.19. The number of nitrogens with zero attached hydrogens (tertiary/aromatic N) is 4. The van der Waals surface area contributed by atoms with Gasteiger partial charge in [0.2, 0.25) is 0 Å². The maximum Gasteiger partial charge on any atom is 0.435 e. The fourth-order valence-electron chi connectivity index (χ4n) is 3.12. The first kappa shape index (κ1) is 22.5. The molecule has 0 aliphatic carbocycles. The molecule has 0 fully saturated rings. The van der Waals surface area contributed by atoms with E-state index in [0.29, 0.717) is 27.2 Å². The summed E-state index contributed by atoms with van der Waals surface area (Å²) in [5.74, 6) is -0.606. The number of hydrogen-bond donors (Lipinski definition) is 0. The van der Waals surface area contributed by atoms with Crippen molar-refractivity contribution in [3.05, 3.63) is 65.9 Å². The van der Waals surface area contributed by atoms with Crippen LogP contribution < -0.4 is 0 Å². The van der Waals surface area contributed by atoms with Crippen LogP contribution in [-0.2, 0) is 11.8 Å². The van der Waals surface area contributed by atoms with Gasteiger partial charge < -0.3 is 4.74 Å². The van der Waals surface area contributed by atoms with E-state index in [1.54, 1.807) is 76.1 Å². The highest BCUT2D eigenvalue weighted by atomic mass is 35.5. The molecule has 0 radical (unpaired) electrons. The lowest BCUT2D eigenvalue weighted by Crippen LogP contribution is -2.28. The van der Waals surface area contributed by atoms with Crippen LogP contribution in [0.2, 0.25) is 0 Å². The highest BCUT2D eigenvalue weighted by Gasteiger charge is 2.25. The van der Waals surface area contributed by atoms with Crippen LogP contribution in [0.25, 0.3) is 27.6 Å². The van der Waals surface area contributed by atoms with Crippen molar-refractivity contribution in [1.29, 1.82) is 0 Å². The number of carbonyl (C=O) groups is 1. The zero-order chi connectivity index (χ0) is 22.9. The molecule has 8 heteroatoms. The number of fused-ring (bicyclic) bond motifs is 1. The quantitative estimate of drug-likeness (QED) is 0.460. The van der Waals surface area contributed by atoms with Gasteiger partial charge in [-0.05, 0) is 51.5 Å². The molecule has 0 unspecified atom stereocenters. The van der Waals surface area contributed by atoms with Gasteiger partial charge in [-0.2, -0.15) is 14.9 Å². The van der Waals surface area contributed by atoms with Crippen LogP contribution in [-0.4, -0.2) is 31.3 Å². The minimum absolute atomic E-state index is 0.0208. The summed E-state index contributed by atoms with van der Waals surface area (Å²) >= 11 is 6.10. The van der Waals surface area contributed by atoms with E-state index in [4.69, 9.17) is 16.3 Å². The molecule has 0 spiro atoms. The first-order valence-electron chi connectivity index (χ1n) is 9.61. The standard InChI is InChI=1S/C23H24ClFN4O2/c1-7-8-15(9-14(2)24)20-18-10-16(17-12-26-28(6)13-17)11-19(25)21(18)29(27-20)22(30)31-23(3,4)5/h7-13H,1H2,2-6H3/b14-9+,15-8+. The van der Waals surface area contributed by atoms with Gasteiger partial charge in [-0.1, -0.05) is 30.3 Å². The van der Waals surface area contributed by atoms with Crippen molar-refractivity contribution in [2.45, 2.75) is 33.3 Å². The first-order valence-corrected chi connectivity index (χ1v) is 9.99. The van der Waals surface area contributed by atoms with Crippen molar-refractivity contribution in [1.82, 2.24) is 19.6 Å². The number of hydrogen-bond acceptors (Lipinski definition) is 4. The number of allylic oxidation sites excluding steroid dienone is 5. The van der Waals surface area contributed by atoms with Crippen LogP contribution >= 0.6 is 11.6 Å². The molecule has 3 rings (SSSR count). The predicted molar refractivity (Wildman–Crippen MR) is 121 cm³/mol. The fourth-order valence-corrected chi connectivity index (χ4v) is 3.24. The van der Waals surface area contributed by atoms with E-state index >= 15 is 4.39 Å². The van der Waals surface area contributed by atoms with Crippen molar-refractivity contribution in [3.63, 3.8) is 0 Å². The molecule has 3 aromatic rings. The Morgan fingerprint density at radius 1 is 1.29 bits per heavy atom. The van der Waals surface area contributed by atoms with Gasteiger partial charge in [-0.15, -0.1) is 0 Å². The third-order valence-electron chi connectivity index (χ3n) is 4.26. The van der Waals surface area contributed by atoms with E-state index in [9.17, 15) is 4.79 Å². The van der Waals surface area contributed by atoms with Crippen LogP contribution in [0.3, 0.4) is 0 Å². The summed E-state index contributed by atoms with van der Waals surface area (Å²) in [6.45, 7) is 10.6. The molecule has 1 aromatic carbocycles. The molecule has 0 N–H and O–H groups in total. The summed E-state index contributed by atoms with van der Waals surface area (Å²) in [4.78, 5) is 12.8. The van der Waals surface area contributed by atoms with Gasteiger partial charge in [0.15, 0.2) is 0 Å². The Bertz CT molecular complexity index is 1220. The van der Waals surface area contributed by atoms with Crippen LogP contribution in [0.5, 0.6) is 0 Å². The van der Waals surface area contributed by atoms with E-state index in [1.165, 1.54) is 6.07 Å². The van der Waals surface area contributed by atoms with E-state index in [2.05, 4.69) is 16.8 Å². The van der Waals surface area contributed by atoms with E-state index in [0.717, 1.165) is 10.2 Å². The Labute approximate surface area is 185 Å². The second-order valence-electron chi connectivity index (χ2n) is 8.09. The van der Waals surface area contributed by atoms with Crippen LogP contribution in [0.15, 0.2) is 54.4 Å². The summed E-state index contributed by atoms with van der Waals surface area (Å²) in [6.07, 6.45) is 7.59. The minimum atomic E-state index is -0.777. The lowest BCUT2D eigenvalue weighted by atomic mass is 10.0. The molecule has 0 saturated carbocycles. The van der Waals surface area contributed by atoms with Crippen molar-refractivity contribution < 1.29 is 13.9 Å². The number of ether oxygens (including phenoxy) is 1. The van der Waals surface area contributed by atoms with Gasteiger partial charge in [0, 0.05) is 34.8 Å². The second kappa shape index (κ2) is 8.51. The zero-order valence-corrected chi connectivity index (χ0v) is 18.9. The zero-order valence-electron chi connectivity index (χ0n) is 18.1. The summed E-state index contributed by atoms with van der Waals surface area (Å²) in [5, 5.41) is 9.49. The maximum atomic E-state index is 15.3. The fraction of sp³-hybridized carbons (Fsp3) is 0.261. The van der Waals surface area contributed by atoms with Gasteiger partial charge in [-0.25, -0.2) is 9.18 Å². The average Bonchev–Trinajstić information content (AvgIpc) is 3.23. The molecular weight excluding hydrogens is 419 g/mol. The van der Waals surface area contributed by atoms with Crippen molar-refractivity contribution in [2.24, 2.45) is 7.05 Å². The van der Waals surface area contributed by atoms with Gasteiger partial charge in [-0.3, -0.25) is 4.68 Å². The molecule has 0 atom stereocenters. The Morgan fingerprint density at radius 3 is 2.55 bits per heavy atom. The molecule has 0 amide bonds. The topological polar surface area (TPSA) is 61.9 Å². The van der Waals surface area contributed by atoms with Gasteiger partial charge >= 0.3 is 6.09 Å². The summed E-state index contributed by atoms with van der Waals surface area (Å²) in [5.41, 5.74) is 1.55. The molecule has 2 aromatic heterocycles. The molecule has 2 heterocycles. The van der Waals surface area contributed by atoms with Crippen LogP contribution in [0, 0.1) is 5.82 Å². The largest absolute Gasteiger partial charge is 0.442 e. The minimum Gasteiger partial charge on any atom is -0.442 e. The smallest absolute Gasteiger partial charge is 0.435 e. The van der Waals surface area contributed by atoms with Crippen LogP contribution in [0.1, 0.15) is 33.4 Å². The summed E-state index contributed by atoms with van der Waals surface area (Å²) in [6, 6.07) is 3.12. The normalized spacial score (nSPS) is 13.0. The SMILES string of the molecule is C=C/C=C(\C=C(/C)Cl)c1nn(C(=O)OC(C)(C)C)c2c(F)cc(-c3cnn(C)c3)cc12. The lowest BCUT2D eigenvalue weighted by molar-refractivity contribution is 0.0521. The number of aromatic nitrogens is 4. The van der Waals surface area contributed by atoms with Crippen molar-refractivity contribution in [3.8, 4) is 11.1 Å². The maximum absolute atomic E-state index is 15.3. The molecular formula is C23H24ClFN4O2. The highest BCUT2D eigenvalue weighted by molar-refractivity contribution is 6.30. The predicted octanol–water partition coefficient (Wildman–Crippen LogP) is 6.07. The molecule has 6 nitrogen and oxygen atoms in total. The molecule has 0 saturated heterocycles. The number of aryl methyl sites for hydroxylation is 1. The molecule has 162 valence electrons. The van der Waals surface area contributed by atoms with E-state index in [-0.39, 0.29) is 5.52 Å². The number of carbonyl (C=O) groups excluding carboxylic acids is 1. The Balaban J connectivity index is 2.34. The number of rotatable bonds is 4. The number of benzene rings is 1. The molecule has 31 heavy (non-hydrogen) atoms. The van der Waals surface area contributed by atoms with Crippen molar-refractivity contribution in [2.75, 3.05) is 0 Å². The van der Waals surface area contributed by atoms with Gasteiger partial charge in [0.25, 0.3) is 0 Å². The second-order valence-corrected chi connectivity index (χ2v) is 8.68. The lowest BCUT2D eigenvalue weighted by Gasteiger charge is -2.19. The van der Waals surface area contributed by atoms with Crippen molar-refractivity contribution >= 4 is 34.2 Å². The molecule has 0 aliphatic heterocycles. The Kier molecular flexibility index (Phi) is 6.18. The number of halogens is 2. The Morgan fingerprint density at radius 2 is 2.00 bits per heavy atom. The summed E-state index contributed by atoms with van der Waals surface area (Å²) in [7, 11) is 1.78. The third-order valence-corrected chi connectivity index (χ3v) is 4.37.